The summed E-state index contributed by atoms with van der Waals surface area (Å²) in [5, 5.41) is 8.69. The molecule has 0 bridgehead atoms. The number of aliphatic carboxylic acids is 1. The first-order valence-corrected chi connectivity index (χ1v) is 9.52. The average Bonchev–Trinajstić information content (AvgIpc) is 2.55. The van der Waals surface area contributed by atoms with Crippen LogP contribution in [0.25, 0.3) is 0 Å². The van der Waals surface area contributed by atoms with Crippen LogP contribution in [0, 0.1) is 0 Å². The molecule has 1 aromatic carbocycles. The van der Waals surface area contributed by atoms with Crippen LogP contribution in [-0.4, -0.2) is 11.1 Å². The van der Waals surface area contributed by atoms with E-state index >= 15 is 0 Å². The van der Waals surface area contributed by atoms with E-state index in [0.717, 1.165) is 12.0 Å². The molecule has 0 saturated heterocycles. The highest BCUT2D eigenvalue weighted by molar-refractivity contribution is 5.67. The molecule has 0 aliphatic heterocycles. The lowest BCUT2D eigenvalue weighted by Crippen LogP contribution is -1.97. The van der Waals surface area contributed by atoms with Crippen LogP contribution in [0.4, 0.5) is 0 Å². The summed E-state index contributed by atoms with van der Waals surface area (Å²) in [6, 6.07) is 8.47. The first-order valence-electron chi connectivity index (χ1n) is 9.52. The normalized spacial score (nSPS) is 10.8. The van der Waals surface area contributed by atoms with Crippen LogP contribution in [-0.2, 0) is 17.6 Å². The first-order chi connectivity index (χ1) is 11.2. The van der Waals surface area contributed by atoms with Gasteiger partial charge in [0.15, 0.2) is 0 Å². The number of aryl methyl sites for hydroxylation is 2. The Labute approximate surface area is 142 Å². The maximum Gasteiger partial charge on any atom is 0.303 e. The van der Waals surface area contributed by atoms with Crippen molar-refractivity contribution in [3.05, 3.63) is 35.4 Å². The van der Waals surface area contributed by atoms with Gasteiger partial charge in [-0.25, -0.2) is 0 Å². The largest absolute Gasteiger partial charge is 0.481 e. The third kappa shape index (κ3) is 11.0. The molecule has 0 saturated carbocycles. The molecule has 0 amide bonds. The van der Waals surface area contributed by atoms with Crippen molar-refractivity contribution in [3.8, 4) is 0 Å². The summed E-state index contributed by atoms with van der Waals surface area (Å²) in [7, 11) is 0. The number of hydrogen-bond acceptors (Lipinski definition) is 1. The van der Waals surface area contributed by atoms with Crippen LogP contribution in [0.2, 0.25) is 0 Å². The van der Waals surface area contributed by atoms with Gasteiger partial charge in [-0.15, -0.1) is 0 Å². The molecular formula is C21H34O2. The summed E-state index contributed by atoms with van der Waals surface area (Å²) < 4.78 is 0. The summed E-state index contributed by atoms with van der Waals surface area (Å²) in [5.41, 5.74) is 2.50. The minimum absolute atomic E-state index is 0.220. The smallest absolute Gasteiger partial charge is 0.303 e. The Hall–Kier alpha value is -1.31. The number of carbonyl (C=O) groups is 1. The first kappa shape index (κ1) is 19.7. The van der Waals surface area contributed by atoms with Crippen LogP contribution < -0.4 is 0 Å². The fourth-order valence-corrected chi connectivity index (χ4v) is 2.94. The standard InChI is InChI=1S/C21H34O2/c1-2-3-4-5-6-7-8-9-10-11-12-19-13-15-20(16-14-19)17-18-21(22)23/h13-16H,2-12,17-18H2,1H3,(H,22,23). The van der Waals surface area contributed by atoms with Gasteiger partial charge in [-0.05, 0) is 30.4 Å². The fraction of sp³-hybridized carbons (Fsp3) is 0.667. The number of carboxylic acid groups (broad SMARTS) is 1. The third-order valence-electron chi connectivity index (χ3n) is 4.47. The molecule has 0 aromatic heterocycles. The molecule has 0 fully saturated rings. The van der Waals surface area contributed by atoms with Crippen LogP contribution in [0.15, 0.2) is 24.3 Å². The highest BCUT2D eigenvalue weighted by Crippen LogP contribution is 2.13. The van der Waals surface area contributed by atoms with Crippen molar-refractivity contribution in [2.75, 3.05) is 0 Å². The quantitative estimate of drug-likeness (QED) is 0.417. The van der Waals surface area contributed by atoms with E-state index in [-0.39, 0.29) is 6.42 Å². The van der Waals surface area contributed by atoms with Gasteiger partial charge in [-0.1, -0.05) is 89.0 Å². The monoisotopic (exact) mass is 318 g/mol. The highest BCUT2D eigenvalue weighted by atomic mass is 16.4. The Morgan fingerprint density at radius 1 is 0.739 bits per heavy atom. The molecule has 2 heteroatoms. The van der Waals surface area contributed by atoms with E-state index in [1.165, 1.54) is 69.8 Å². The predicted octanol–water partition coefficient (Wildman–Crippen LogP) is 6.17. The second-order valence-electron chi connectivity index (χ2n) is 6.64. The van der Waals surface area contributed by atoms with Gasteiger partial charge >= 0.3 is 5.97 Å². The SMILES string of the molecule is CCCCCCCCCCCCc1ccc(CCC(=O)O)cc1. The van der Waals surface area contributed by atoms with Gasteiger partial charge < -0.3 is 5.11 Å². The lowest BCUT2D eigenvalue weighted by molar-refractivity contribution is -0.136. The average molecular weight is 319 g/mol. The summed E-state index contributed by atoms with van der Waals surface area (Å²) in [5.74, 6) is -0.723. The van der Waals surface area contributed by atoms with Crippen LogP contribution in [0.1, 0.15) is 88.7 Å². The Kier molecular flexibility index (Phi) is 11.3. The van der Waals surface area contributed by atoms with Crippen LogP contribution in [0.5, 0.6) is 0 Å². The van der Waals surface area contributed by atoms with Crippen LogP contribution >= 0.6 is 0 Å². The van der Waals surface area contributed by atoms with E-state index in [9.17, 15) is 4.79 Å². The molecule has 0 atom stereocenters. The third-order valence-corrected chi connectivity index (χ3v) is 4.47. The molecule has 0 spiro atoms. The molecule has 1 aromatic rings. The maximum atomic E-state index is 10.6. The summed E-state index contributed by atoms with van der Waals surface area (Å²) >= 11 is 0. The summed E-state index contributed by atoms with van der Waals surface area (Å²) in [4.78, 5) is 10.6. The van der Waals surface area contributed by atoms with Gasteiger partial charge in [0.25, 0.3) is 0 Å². The molecule has 0 aliphatic rings. The highest BCUT2D eigenvalue weighted by Gasteiger charge is 2.00. The molecule has 1 N–H and O–H groups in total. The van der Waals surface area contributed by atoms with E-state index in [2.05, 4.69) is 31.2 Å². The predicted molar refractivity (Wildman–Crippen MR) is 97.9 cm³/mol. The topological polar surface area (TPSA) is 37.3 Å². The Bertz CT molecular complexity index is 408. The Balaban J connectivity index is 2.00. The number of rotatable bonds is 14. The van der Waals surface area contributed by atoms with Gasteiger partial charge in [0.05, 0.1) is 0 Å². The Morgan fingerprint density at radius 3 is 1.65 bits per heavy atom. The zero-order chi connectivity index (χ0) is 16.8. The zero-order valence-electron chi connectivity index (χ0n) is 14.9. The zero-order valence-corrected chi connectivity index (χ0v) is 14.9. The molecule has 130 valence electrons. The molecule has 0 heterocycles. The van der Waals surface area contributed by atoms with Crippen molar-refractivity contribution >= 4 is 5.97 Å². The van der Waals surface area contributed by atoms with Gasteiger partial charge in [0.1, 0.15) is 0 Å². The van der Waals surface area contributed by atoms with E-state index in [0.29, 0.717) is 6.42 Å². The van der Waals surface area contributed by atoms with E-state index in [4.69, 9.17) is 5.11 Å². The van der Waals surface area contributed by atoms with Gasteiger partial charge in [0, 0.05) is 6.42 Å². The second kappa shape index (κ2) is 13.2. The number of benzene rings is 1. The molecule has 2 nitrogen and oxygen atoms in total. The van der Waals surface area contributed by atoms with Gasteiger partial charge in [-0.2, -0.15) is 0 Å². The van der Waals surface area contributed by atoms with E-state index < -0.39 is 5.97 Å². The minimum atomic E-state index is -0.723. The number of hydrogen-bond donors (Lipinski definition) is 1. The second-order valence-corrected chi connectivity index (χ2v) is 6.64. The van der Waals surface area contributed by atoms with E-state index in [1.807, 2.05) is 0 Å². The van der Waals surface area contributed by atoms with Crippen molar-refractivity contribution in [2.24, 2.45) is 0 Å². The molecular weight excluding hydrogens is 284 g/mol. The minimum Gasteiger partial charge on any atom is -0.481 e. The lowest BCUT2D eigenvalue weighted by atomic mass is 10.0. The van der Waals surface area contributed by atoms with Crippen molar-refractivity contribution in [2.45, 2.75) is 90.4 Å². The number of carboxylic acids is 1. The van der Waals surface area contributed by atoms with Gasteiger partial charge in [0.2, 0.25) is 0 Å². The van der Waals surface area contributed by atoms with Crippen molar-refractivity contribution in [1.82, 2.24) is 0 Å². The summed E-state index contributed by atoms with van der Waals surface area (Å²) in [6.07, 6.45) is 15.7. The van der Waals surface area contributed by atoms with Crippen LogP contribution in [0.3, 0.4) is 0 Å². The van der Waals surface area contributed by atoms with Crippen molar-refractivity contribution in [1.29, 1.82) is 0 Å². The maximum absolute atomic E-state index is 10.6. The molecule has 0 radical (unpaired) electrons. The van der Waals surface area contributed by atoms with Crippen molar-refractivity contribution in [3.63, 3.8) is 0 Å². The molecule has 23 heavy (non-hydrogen) atoms. The van der Waals surface area contributed by atoms with Crippen molar-refractivity contribution < 1.29 is 9.90 Å². The molecule has 0 aliphatic carbocycles. The molecule has 1 rings (SSSR count). The lowest BCUT2D eigenvalue weighted by Gasteiger charge is -2.04. The number of unbranched alkanes of at least 4 members (excludes halogenated alkanes) is 9. The Morgan fingerprint density at radius 2 is 1.17 bits per heavy atom. The molecule has 0 unspecified atom stereocenters. The van der Waals surface area contributed by atoms with Gasteiger partial charge in [-0.3, -0.25) is 4.79 Å². The van der Waals surface area contributed by atoms with E-state index in [1.54, 1.807) is 0 Å². The fourth-order valence-electron chi connectivity index (χ4n) is 2.94. The summed E-state index contributed by atoms with van der Waals surface area (Å²) in [6.45, 7) is 2.27.